The summed E-state index contributed by atoms with van der Waals surface area (Å²) in [4.78, 5) is 40.1. The molecule has 0 aliphatic rings. The summed E-state index contributed by atoms with van der Waals surface area (Å²) in [5.74, 6) is -0.270. The van der Waals surface area contributed by atoms with E-state index in [1.54, 1.807) is 42.5 Å². The van der Waals surface area contributed by atoms with Crippen LogP contribution in [0.2, 0.25) is 5.02 Å². The number of nitrogens with zero attached hydrogens (tertiary/aromatic N) is 1. The third-order valence-corrected chi connectivity index (χ3v) is 7.09. The van der Waals surface area contributed by atoms with E-state index >= 15 is 0 Å². The van der Waals surface area contributed by atoms with E-state index in [0.29, 0.717) is 30.2 Å². The Morgan fingerprint density at radius 3 is 2.47 bits per heavy atom. The molecule has 0 saturated heterocycles. The summed E-state index contributed by atoms with van der Waals surface area (Å²) in [7, 11) is 0. The number of aromatic amines is 1. The Hall–Kier alpha value is -3.46. The van der Waals surface area contributed by atoms with Crippen molar-refractivity contribution >= 4 is 58.3 Å². The van der Waals surface area contributed by atoms with E-state index < -0.39 is 4.92 Å². The summed E-state index contributed by atoms with van der Waals surface area (Å²) in [5, 5.41) is 12.2. The van der Waals surface area contributed by atoms with Crippen LogP contribution in [0.1, 0.15) is 21.5 Å². The first-order valence-electron chi connectivity index (χ1n) is 10.0. The Kier molecular flexibility index (Phi) is 7.12. The van der Waals surface area contributed by atoms with Crippen LogP contribution in [0.4, 0.5) is 5.69 Å². The topological polar surface area (TPSA) is 93.1 Å². The molecule has 1 heterocycles. The van der Waals surface area contributed by atoms with Crippen LogP contribution < -0.4 is 14.8 Å². The molecule has 34 heavy (non-hydrogen) atoms. The van der Waals surface area contributed by atoms with Crippen molar-refractivity contribution in [3.05, 3.63) is 118 Å². The van der Waals surface area contributed by atoms with Gasteiger partial charge in [0.05, 0.1) is 19.0 Å². The highest BCUT2D eigenvalue weighted by molar-refractivity contribution is 7.99. The number of nitro groups is 1. The summed E-state index contributed by atoms with van der Waals surface area (Å²) < 4.78 is 0.723. The van der Waals surface area contributed by atoms with Crippen LogP contribution in [0.3, 0.4) is 0 Å². The van der Waals surface area contributed by atoms with Gasteiger partial charge in [0.25, 0.3) is 11.2 Å². The standard InChI is InChI=1S/C25H17ClN2O4S2/c1-15-2-9-19(10-3-15)33-22-11-4-16(12-20(22)28(31)32)13-23-25(30)27-24(34-23)14-21(29)17-5-7-18(26)8-6-17/h2-14H,1H3,(H,27,30)/b23-13-,24-14-. The summed E-state index contributed by atoms with van der Waals surface area (Å²) in [6.45, 7) is 1.98. The molecular formula is C25H17ClN2O4S2. The number of nitro benzene ring substituents is 1. The average molecular weight is 509 g/mol. The number of aromatic nitrogens is 1. The number of rotatable bonds is 6. The van der Waals surface area contributed by atoms with Crippen molar-refractivity contribution < 1.29 is 9.72 Å². The lowest BCUT2D eigenvalue weighted by Gasteiger charge is -2.04. The molecule has 4 rings (SSSR count). The Labute approximate surface area is 207 Å². The van der Waals surface area contributed by atoms with E-state index in [2.05, 4.69) is 4.98 Å². The van der Waals surface area contributed by atoms with E-state index in [9.17, 15) is 19.7 Å². The predicted octanol–water partition coefficient (Wildman–Crippen LogP) is 4.95. The molecule has 0 aliphatic carbocycles. The van der Waals surface area contributed by atoms with E-state index in [0.717, 1.165) is 21.8 Å². The second-order valence-corrected chi connectivity index (χ2v) is 9.98. The normalized spacial score (nSPS) is 12.2. The third-order valence-electron chi connectivity index (χ3n) is 4.80. The summed E-state index contributed by atoms with van der Waals surface area (Å²) >= 11 is 8.26. The molecular weight excluding hydrogens is 492 g/mol. The zero-order valence-corrected chi connectivity index (χ0v) is 20.2. The number of Topliss-reactive ketones (excluding diaryl/α,β-unsaturated/α-hetero) is 1. The maximum Gasteiger partial charge on any atom is 0.283 e. The Balaban J connectivity index is 1.65. The molecule has 0 atom stereocenters. The Morgan fingerprint density at radius 1 is 1.09 bits per heavy atom. The van der Waals surface area contributed by atoms with Crippen LogP contribution >= 0.6 is 34.7 Å². The van der Waals surface area contributed by atoms with Gasteiger partial charge < -0.3 is 4.98 Å². The first-order chi connectivity index (χ1) is 16.3. The van der Waals surface area contributed by atoms with Gasteiger partial charge in [0.1, 0.15) is 0 Å². The number of hydrogen-bond acceptors (Lipinski definition) is 6. The summed E-state index contributed by atoms with van der Waals surface area (Å²) in [5.41, 5.74) is 1.65. The molecule has 0 unspecified atom stereocenters. The van der Waals surface area contributed by atoms with E-state index in [-0.39, 0.29) is 17.0 Å². The SMILES string of the molecule is Cc1ccc(Sc2ccc(/C=c3\s/c(=C\C(=O)c4ccc(Cl)cc4)[nH]c3=O)cc2[N+](=O)[O-])cc1. The highest BCUT2D eigenvalue weighted by atomic mass is 35.5. The fourth-order valence-corrected chi connectivity index (χ4v) is 4.99. The van der Waals surface area contributed by atoms with Crippen LogP contribution in [0, 0.1) is 17.0 Å². The van der Waals surface area contributed by atoms with Gasteiger partial charge in [-0.1, -0.05) is 47.1 Å². The molecule has 0 fully saturated rings. The Morgan fingerprint density at radius 2 is 1.79 bits per heavy atom. The largest absolute Gasteiger partial charge is 0.313 e. The first-order valence-corrected chi connectivity index (χ1v) is 12.0. The minimum absolute atomic E-state index is 0.0444. The summed E-state index contributed by atoms with van der Waals surface area (Å²) in [6, 6.07) is 19.0. The van der Waals surface area contributed by atoms with Crippen LogP contribution in [0.15, 0.2) is 81.3 Å². The molecule has 9 heteroatoms. The molecule has 3 aromatic carbocycles. The van der Waals surface area contributed by atoms with Crippen molar-refractivity contribution in [3.8, 4) is 0 Å². The number of nitrogens with one attached hydrogen (secondary N) is 1. The number of benzene rings is 3. The number of H-pyrrole nitrogens is 1. The van der Waals surface area contributed by atoms with Gasteiger partial charge >= 0.3 is 0 Å². The van der Waals surface area contributed by atoms with Gasteiger partial charge in [-0.15, -0.1) is 11.3 Å². The van der Waals surface area contributed by atoms with Crippen LogP contribution in [0.25, 0.3) is 12.2 Å². The zero-order chi connectivity index (χ0) is 24.2. The van der Waals surface area contributed by atoms with Gasteiger partial charge in [0.15, 0.2) is 5.78 Å². The molecule has 4 aromatic rings. The fraction of sp³-hybridized carbons (Fsp3) is 0.0400. The quantitative estimate of drug-likeness (QED) is 0.226. The van der Waals surface area contributed by atoms with Gasteiger partial charge in [-0.3, -0.25) is 19.7 Å². The lowest BCUT2D eigenvalue weighted by molar-refractivity contribution is -0.387. The zero-order valence-electron chi connectivity index (χ0n) is 17.8. The van der Waals surface area contributed by atoms with E-state index in [1.165, 1.54) is 23.9 Å². The molecule has 0 amide bonds. The molecule has 0 saturated carbocycles. The number of thiazole rings is 1. The predicted molar refractivity (Wildman–Crippen MR) is 136 cm³/mol. The van der Waals surface area contributed by atoms with Crippen molar-refractivity contribution in [2.75, 3.05) is 0 Å². The van der Waals surface area contributed by atoms with Crippen molar-refractivity contribution in [3.63, 3.8) is 0 Å². The minimum Gasteiger partial charge on any atom is -0.313 e. The van der Waals surface area contributed by atoms with Gasteiger partial charge in [-0.05, 0) is 61.0 Å². The molecule has 0 spiro atoms. The maximum absolute atomic E-state index is 12.4. The fourth-order valence-electron chi connectivity index (χ4n) is 3.08. The van der Waals surface area contributed by atoms with Crippen LogP contribution in [-0.2, 0) is 0 Å². The number of carbonyl (C=O) groups excluding carboxylic acids is 1. The van der Waals surface area contributed by atoms with E-state index in [4.69, 9.17) is 11.6 Å². The highest BCUT2D eigenvalue weighted by Gasteiger charge is 2.15. The minimum atomic E-state index is -0.434. The molecule has 1 N–H and O–H groups in total. The van der Waals surface area contributed by atoms with Gasteiger partial charge in [0, 0.05) is 27.6 Å². The van der Waals surface area contributed by atoms with Gasteiger partial charge in [-0.2, -0.15) is 0 Å². The molecule has 0 aliphatic heterocycles. The van der Waals surface area contributed by atoms with Crippen molar-refractivity contribution in [1.82, 2.24) is 4.98 Å². The summed E-state index contributed by atoms with van der Waals surface area (Å²) in [6.07, 6.45) is 2.91. The second-order valence-electron chi connectivity index (χ2n) is 7.34. The number of carbonyl (C=O) groups is 1. The highest BCUT2D eigenvalue weighted by Crippen LogP contribution is 2.35. The monoisotopic (exact) mass is 508 g/mol. The van der Waals surface area contributed by atoms with Gasteiger partial charge in [-0.25, -0.2) is 0 Å². The molecule has 6 nitrogen and oxygen atoms in total. The van der Waals surface area contributed by atoms with Crippen molar-refractivity contribution in [2.45, 2.75) is 16.7 Å². The van der Waals surface area contributed by atoms with E-state index in [1.807, 2.05) is 31.2 Å². The number of halogens is 1. The maximum atomic E-state index is 12.4. The number of ketones is 1. The molecule has 170 valence electrons. The van der Waals surface area contributed by atoms with Crippen molar-refractivity contribution in [1.29, 1.82) is 0 Å². The van der Waals surface area contributed by atoms with Crippen LogP contribution in [-0.4, -0.2) is 15.7 Å². The van der Waals surface area contributed by atoms with Gasteiger partial charge in [0.2, 0.25) is 0 Å². The third kappa shape index (κ3) is 5.72. The first kappa shape index (κ1) is 23.7. The molecule has 0 bridgehead atoms. The number of hydrogen-bond donors (Lipinski definition) is 1. The molecule has 1 aromatic heterocycles. The lowest BCUT2D eigenvalue weighted by Crippen LogP contribution is -2.20. The smallest absolute Gasteiger partial charge is 0.283 e. The second kappa shape index (κ2) is 10.2. The Bertz CT molecular complexity index is 1560. The number of aryl methyl sites for hydroxylation is 1. The van der Waals surface area contributed by atoms with Crippen LogP contribution in [0.5, 0.6) is 0 Å². The lowest BCUT2D eigenvalue weighted by atomic mass is 10.1. The molecule has 0 radical (unpaired) electrons. The average Bonchev–Trinajstić information content (AvgIpc) is 3.14. The van der Waals surface area contributed by atoms with Crippen molar-refractivity contribution in [2.24, 2.45) is 0 Å².